The quantitative estimate of drug-likeness (QED) is 0.579. The lowest BCUT2D eigenvalue weighted by molar-refractivity contribution is -0.137. The van der Waals surface area contributed by atoms with Gasteiger partial charge in [0.2, 0.25) is 0 Å². The molecule has 0 fully saturated rings. The van der Waals surface area contributed by atoms with Crippen LogP contribution in [0.2, 0.25) is 0 Å². The lowest BCUT2D eigenvalue weighted by Crippen LogP contribution is -2.12. The maximum absolute atomic E-state index is 13.0. The van der Waals surface area contributed by atoms with Crippen molar-refractivity contribution in [2.75, 3.05) is 0 Å². The lowest BCUT2D eigenvalue weighted by Gasteiger charge is -2.12. The molecule has 0 bridgehead atoms. The van der Waals surface area contributed by atoms with Gasteiger partial charge in [0.15, 0.2) is 17.3 Å². The second kappa shape index (κ2) is 4.80. The van der Waals surface area contributed by atoms with Crippen molar-refractivity contribution in [1.82, 2.24) is 0 Å². The normalized spacial score (nSPS) is 12.4. The van der Waals surface area contributed by atoms with Gasteiger partial charge < -0.3 is 21.1 Å². The monoisotopic (exact) mass is 229 g/mol. The second-order valence-electron chi connectivity index (χ2n) is 3.41. The molecular formula is C10H12FNO4. The topological polar surface area (TPSA) is 104 Å². The second-order valence-corrected chi connectivity index (χ2v) is 3.41. The smallest absolute Gasteiger partial charge is 0.303 e. The van der Waals surface area contributed by atoms with E-state index in [-0.39, 0.29) is 18.4 Å². The Morgan fingerprint density at radius 3 is 2.56 bits per heavy atom. The van der Waals surface area contributed by atoms with Crippen LogP contribution in [-0.4, -0.2) is 21.3 Å². The van der Waals surface area contributed by atoms with Crippen molar-refractivity contribution < 1.29 is 24.5 Å². The van der Waals surface area contributed by atoms with E-state index in [1.54, 1.807) is 0 Å². The number of halogens is 1. The van der Waals surface area contributed by atoms with Gasteiger partial charge in [-0.05, 0) is 24.1 Å². The number of phenolic OH excluding ortho intramolecular Hbond substituents is 2. The highest BCUT2D eigenvalue weighted by molar-refractivity contribution is 5.66. The molecule has 0 aliphatic carbocycles. The first-order valence-corrected chi connectivity index (χ1v) is 4.60. The fraction of sp³-hybridized carbons (Fsp3) is 0.300. The molecule has 16 heavy (non-hydrogen) atoms. The number of carboxylic acids is 1. The minimum atomic E-state index is -1.00. The zero-order valence-electron chi connectivity index (χ0n) is 8.35. The Hall–Kier alpha value is -1.82. The fourth-order valence-electron chi connectivity index (χ4n) is 1.26. The van der Waals surface area contributed by atoms with Gasteiger partial charge in [0.1, 0.15) is 0 Å². The van der Waals surface area contributed by atoms with Gasteiger partial charge in [0, 0.05) is 12.5 Å². The maximum Gasteiger partial charge on any atom is 0.303 e. The number of aliphatic carboxylic acids is 1. The third-order valence-electron chi connectivity index (χ3n) is 2.16. The number of hydrogen-bond acceptors (Lipinski definition) is 4. The Bertz CT molecular complexity index is 385. The summed E-state index contributed by atoms with van der Waals surface area (Å²) < 4.78 is 13.0. The summed E-state index contributed by atoms with van der Waals surface area (Å²) in [5.41, 5.74) is 5.85. The molecule has 5 nitrogen and oxygen atoms in total. The van der Waals surface area contributed by atoms with Crippen LogP contribution in [0.15, 0.2) is 12.1 Å². The van der Waals surface area contributed by atoms with Gasteiger partial charge in [-0.2, -0.15) is 0 Å². The summed E-state index contributed by atoms with van der Waals surface area (Å²) in [5, 5.41) is 26.6. The lowest BCUT2D eigenvalue weighted by atomic mass is 10.0. The van der Waals surface area contributed by atoms with Crippen molar-refractivity contribution in [2.45, 2.75) is 18.9 Å². The van der Waals surface area contributed by atoms with E-state index < -0.39 is 29.3 Å². The molecule has 1 aromatic rings. The van der Waals surface area contributed by atoms with Crippen LogP contribution in [-0.2, 0) is 4.79 Å². The van der Waals surface area contributed by atoms with E-state index in [0.29, 0.717) is 0 Å². The van der Waals surface area contributed by atoms with E-state index >= 15 is 0 Å². The van der Waals surface area contributed by atoms with Crippen molar-refractivity contribution in [3.05, 3.63) is 23.5 Å². The Morgan fingerprint density at radius 2 is 2.06 bits per heavy atom. The maximum atomic E-state index is 13.0. The Labute approximate surface area is 90.9 Å². The molecule has 0 amide bonds. The molecule has 0 aliphatic rings. The van der Waals surface area contributed by atoms with E-state index in [1.807, 2.05) is 0 Å². The van der Waals surface area contributed by atoms with Crippen LogP contribution in [0.25, 0.3) is 0 Å². The van der Waals surface area contributed by atoms with Crippen molar-refractivity contribution in [1.29, 1.82) is 0 Å². The number of carbonyl (C=O) groups is 1. The molecule has 0 spiro atoms. The summed E-state index contributed by atoms with van der Waals surface area (Å²) in [6.07, 6.45) is -0.0244. The SMILES string of the molecule is NC(CCC(=O)O)c1cc(O)c(O)c(F)c1. The van der Waals surface area contributed by atoms with Crippen LogP contribution in [0, 0.1) is 5.82 Å². The van der Waals surface area contributed by atoms with Crippen molar-refractivity contribution in [3.63, 3.8) is 0 Å². The molecular weight excluding hydrogens is 217 g/mol. The molecule has 0 heterocycles. The van der Waals surface area contributed by atoms with E-state index in [2.05, 4.69) is 0 Å². The largest absolute Gasteiger partial charge is 0.504 e. The van der Waals surface area contributed by atoms with Crippen molar-refractivity contribution >= 4 is 5.97 Å². The third-order valence-corrected chi connectivity index (χ3v) is 2.16. The predicted octanol–water partition coefficient (Wildman–Crippen LogP) is 1.10. The fourth-order valence-corrected chi connectivity index (χ4v) is 1.26. The van der Waals surface area contributed by atoms with Crippen LogP contribution in [0.4, 0.5) is 4.39 Å². The first-order chi connectivity index (χ1) is 7.41. The van der Waals surface area contributed by atoms with Gasteiger partial charge in [0.05, 0.1) is 0 Å². The summed E-state index contributed by atoms with van der Waals surface area (Å²) in [6.45, 7) is 0. The van der Waals surface area contributed by atoms with Gasteiger partial charge in [-0.3, -0.25) is 4.79 Å². The molecule has 1 atom stereocenters. The molecule has 0 aromatic heterocycles. The first kappa shape index (κ1) is 12.3. The highest BCUT2D eigenvalue weighted by Gasteiger charge is 2.14. The Balaban J connectivity index is 2.84. The number of nitrogens with two attached hydrogens (primary N) is 1. The Morgan fingerprint density at radius 1 is 1.44 bits per heavy atom. The Kier molecular flexibility index (Phi) is 3.68. The predicted molar refractivity (Wildman–Crippen MR) is 53.5 cm³/mol. The zero-order valence-corrected chi connectivity index (χ0v) is 8.35. The average molecular weight is 229 g/mol. The number of aromatic hydroxyl groups is 2. The number of phenols is 2. The molecule has 1 unspecified atom stereocenters. The summed E-state index contributed by atoms with van der Waals surface area (Å²) in [6, 6.07) is 1.39. The van der Waals surface area contributed by atoms with E-state index in [4.69, 9.17) is 21.1 Å². The number of rotatable bonds is 4. The van der Waals surface area contributed by atoms with E-state index in [0.717, 1.165) is 12.1 Å². The van der Waals surface area contributed by atoms with Gasteiger partial charge in [-0.15, -0.1) is 0 Å². The minimum absolute atomic E-state index is 0.124. The van der Waals surface area contributed by atoms with Gasteiger partial charge >= 0.3 is 5.97 Å². The average Bonchev–Trinajstić information content (AvgIpc) is 2.21. The third kappa shape index (κ3) is 2.83. The number of hydrogen-bond donors (Lipinski definition) is 4. The van der Waals surface area contributed by atoms with Crippen LogP contribution >= 0.6 is 0 Å². The van der Waals surface area contributed by atoms with Crippen molar-refractivity contribution in [3.8, 4) is 11.5 Å². The summed E-state index contributed by atoms with van der Waals surface area (Å²) in [7, 11) is 0. The molecule has 88 valence electrons. The standard InChI is InChI=1S/C10H12FNO4/c11-6-3-5(4-8(13)10(6)16)7(12)1-2-9(14)15/h3-4,7,13,16H,1-2,12H2,(H,14,15). The first-order valence-electron chi connectivity index (χ1n) is 4.60. The molecule has 0 saturated heterocycles. The molecule has 0 aliphatic heterocycles. The van der Waals surface area contributed by atoms with Crippen LogP contribution in [0.3, 0.4) is 0 Å². The van der Waals surface area contributed by atoms with Gasteiger partial charge in [-0.1, -0.05) is 0 Å². The molecule has 1 aromatic carbocycles. The molecule has 1 rings (SSSR count). The van der Waals surface area contributed by atoms with Gasteiger partial charge in [-0.25, -0.2) is 4.39 Å². The van der Waals surface area contributed by atoms with E-state index in [1.165, 1.54) is 0 Å². The molecule has 0 radical (unpaired) electrons. The van der Waals surface area contributed by atoms with Crippen molar-refractivity contribution in [2.24, 2.45) is 5.73 Å². The highest BCUT2D eigenvalue weighted by Crippen LogP contribution is 2.31. The molecule has 0 saturated carbocycles. The van der Waals surface area contributed by atoms with Crippen LogP contribution in [0.5, 0.6) is 11.5 Å². The van der Waals surface area contributed by atoms with Crippen LogP contribution in [0.1, 0.15) is 24.4 Å². The highest BCUT2D eigenvalue weighted by atomic mass is 19.1. The summed E-state index contributed by atoms with van der Waals surface area (Å²) in [5.74, 6) is -3.44. The van der Waals surface area contributed by atoms with Crippen LogP contribution < -0.4 is 5.73 Å². The number of benzene rings is 1. The number of carboxylic acid groups (broad SMARTS) is 1. The summed E-state index contributed by atoms with van der Waals surface area (Å²) >= 11 is 0. The summed E-state index contributed by atoms with van der Waals surface area (Å²) in [4.78, 5) is 10.3. The van der Waals surface area contributed by atoms with Gasteiger partial charge in [0.25, 0.3) is 0 Å². The minimum Gasteiger partial charge on any atom is -0.504 e. The molecule has 6 heteroatoms. The zero-order chi connectivity index (χ0) is 12.3. The van der Waals surface area contributed by atoms with E-state index in [9.17, 15) is 9.18 Å². The molecule has 5 N–H and O–H groups in total.